The van der Waals surface area contributed by atoms with Crippen molar-refractivity contribution in [1.82, 2.24) is 5.32 Å². The van der Waals surface area contributed by atoms with E-state index in [1.54, 1.807) is 6.07 Å². The number of hydrogen-bond acceptors (Lipinski definition) is 7. The molecule has 2 aromatic rings. The summed E-state index contributed by atoms with van der Waals surface area (Å²) in [5.41, 5.74) is 1.23. The van der Waals surface area contributed by atoms with Gasteiger partial charge >= 0.3 is 5.97 Å². The Balaban J connectivity index is 1.97. The molecular formula is C18H19NO6S. The Bertz CT molecular complexity index is 858. The van der Waals surface area contributed by atoms with Crippen molar-refractivity contribution in [2.45, 2.75) is 31.6 Å². The van der Waals surface area contributed by atoms with Crippen LogP contribution in [0.5, 0.6) is 5.95 Å². The molecule has 0 radical (unpaired) electrons. The minimum Gasteiger partial charge on any atom is -0.466 e. The zero-order chi connectivity index (χ0) is 18.8. The Morgan fingerprint density at radius 2 is 2.04 bits per heavy atom. The van der Waals surface area contributed by atoms with Gasteiger partial charge in [-0.1, -0.05) is 43.8 Å². The van der Waals surface area contributed by atoms with Crippen molar-refractivity contribution in [2.75, 3.05) is 7.11 Å². The van der Waals surface area contributed by atoms with Crippen LogP contribution in [0.15, 0.2) is 28.7 Å². The van der Waals surface area contributed by atoms with Crippen LogP contribution >= 0.6 is 11.8 Å². The first kappa shape index (κ1) is 18.3. The highest BCUT2D eigenvalue weighted by Crippen LogP contribution is 2.36. The number of esters is 1. The fourth-order valence-corrected chi connectivity index (χ4v) is 3.60. The van der Waals surface area contributed by atoms with Gasteiger partial charge in [0.05, 0.1) is 12.4 Å². The van der Waals surface area contributed by atoms with Gasteiger partial charge in [0.25, 0.3) is 11.2 Å². The molecule has 1 saturated heterocycles. The van der Waals surface area contributed by atoms with Gasteiger partial charge in [0.15, 0.2) is 0 Å². The van der Waals surface area contributed by atoms with Crippen LogP contribution in [0.4, 0.5) is 4.79 Å². The molecule has 1 aromatic heterocycles. The predicted molar refractivity (Wildman–Crippen MR) is 96.1 cm³/mol. The van der Waals surface area contributed by atoms with Crippen LogP contribution < -0.4 is 10.1 Å². The maximum atomic E-state index is 12.0. The molecule has 0 bridgehead atoms. The second kappa shape index (κ2) is 7.41. The molecule has 1 aromatic carbocycles. The fourth-order valence-electron chi connectivity index (χ4n) is 2.77. The van der Waals surface area contributed by atoms with Crippen LogP contribution in [-0.4, -0.2) is 35.6 Å². The minimum absolute atomic E-state index is 0.144. The zero-order valence-electron chi connectivity index (χ0n) is 14.6. The third-order valence-corrected chi connectivity index (χ3v) is 5.07. The number of fused-ring (bicyclic) bond motifs is 1. The third kappa shape index (κ3) is 3.55. The lowest BCUT2D eigenvalue weighted by Crippen LogP contribution is -2.34. The number of ether oxygens (including phenoxy) is 2. The Morgan fingerprint density at radius 3 is 2.65 bits per heavy atom. The average Bonchev–Trinajstić information content (AvgIpc) is 3.11. The minimum atomic E-state index is -0.842. The quantitative estimate of drug-likeness (QED) is 0.773. The molecule has 1 aliphatic heterocycles. The molecule has 1 N–H and O–H groups in total. The number of imide groups is 1. The Labute approximate surface area is 154 Å². The number of hydrogen-bond donors (Lipinski definition) is 1. The van der Waals surface area contributed by atoms with E-state index in [4.69, 9.17) is 13.9 Å². The monoisotopic (exact) mass is 377 g/mol. The number of nitrogens with one attached hydrogen (secondary N) is 1. The van der Waals surface area contributed by atoms with Crippen molar-refractivity contribution in [2.24, 2.45) is 5.92 Å². The van der Waals surface area contributed by atoms with Gasteiger partial charge in [-0.05, 0) is 6.07 Å². The molecule has 2 amide bonds. The van der Waals surface area contributed by atoms with Crippen LogP contribution in [0.2, 0.25) is 0 Å². The van der Waals surface area contributed by atoms with Crippen molar-refractivity contribution in [3.05, 3.63) is 29.8 Å². The van der Waals surface area contributed by atoms with E-state index in [0.29, 0.717) is 11.1 Å². The van der Waals surface area contributed by atoms with E-state index in [2.05, 4.69) is 5.32 Å². The van der Waals surface area contributed by atoms with Gasteiger partial charge in [-0.3, -0.25) is 14.9 Å². The molecule has 26 heavy (non-hydrogen) atoms. The number of methoxy groups -OCH3 is 1. The van der Waals surface area contributed by atoms with Crippen LogP contribution in [0.25, 0.3) is 11.0 Å². The predicted octanol–water partition coefficient (Wildman–Crippen LogP) is 2.90. The molecule has 0 saturated carbocycles. The van der Waals surface area contributed by atoms with Crippen LogP contribution in [-0.2, 0) is 20.7 Å². The van der Waals surface area contributed by atoms with Crippen LogP contribution in [0.1, 0.15) is 19.4 Å². The SMILES string of the molecule is COC(=O)C(Oc1oc2ccccc2c1CC1SC(=O)NC1=O)C(C)C. The lowest BCUT2D eigenvalue weighted by atomic mass is 10.1. The number of amides is 2. The van der Waals surface area contributed by atoms with Crippen molar-refractivity contribution in [1.29, 1.82) is 0 Å². The van der Waals surface area contributed by atoms with E-state index in [1.165, 1.54) is 7.11 Å². The maximum absolute atomic E-state index is 12.0. The molecule has 0 aliphatic carbocycles. The molecule has 1 aliphatic rings. The van der Waals surface area contributed by atoms with Crippen LogP contribution in [0, 0.1) is 5.92 Å². The second-order valence-corrected chi connectivity index (χ2v) is 7.43. The Kier molecular flexibility index (Phi) is 5.22. The number of furan rings is 1. The number of carbonyl (C=O) groups excluding carboxylic acids is 3. The van der Waals surface area contributed by atoms with Crippen molar-refractivity contribution < 1.29 is 28.3 Å². The first-order valence-corrected chi connectivity index (χ1v) is 9.05. The van der Waals surface area contributed by atoms with E-state index < -0.39 is 17.3 Å². The van der Waals surface area contributed by atoms with E-state index in [-0.39, 0.29) is 29.4 Å². The van der Waals surface area contributed by atoms with Gasteiger partial charge in [0, 0.05) is 23.3 Å². The highest BCUT2D eigenvalue weighted by atomic mass is 32.2. The van der Waals surface area contributed by atoms with Crippen molar-refractivity contribution in [3.63, 3.8) is 0 Å². The van der Waals surface area contributed by atoms with Gasteiger partial charge in [-0.15, -0.1) is 0 Å². The summed E-state index contributed by atoms with van der Waals surface area (Å²) in [6.45, 7) is 3.67. The van der Waals surface area contributed by atoms with Crippen LogP contribution in [0.3, 0.4) is 0 Å². The van der Waals surface area contributed by atoms with Crippen molar-refractivity contribution >= 4 is 39.8 Å². The van der Waals surface area contributed by atoms with E-state index >= 15 is 0 Å². The summed E-state index contributed by atoms with van der Waals surface area (Å²) >= 11 is 0.937. The molecule has 138 valence electrons. The molecule has 0 spiro atoms. The Hall–Kier alpha value is -2.48. The summed E-state index contributed by atoms with van der Waals surface area (Å²) in [7, 11) is 1.30. The smallest absolute Gasteiger partial charge is 0.347 e. The molecule has 7 nitrogen and oxygen atoms in total. The maximum Gasteiger partial charge on any atom is 0.347 e. The summed E-state index contributed by atoms with van der Waals surface area (Å²) in [5, 5.41) is 2.11. The highest BCUT2D eigenvalue weighted by molar-refractivity contribution is 8.15. The van der Waals surface area contributed by atoms with E-state index in [9.17, 15) is 14.4 Å². The summed E-state index contributed by atoms with van der Waals surface area (Å²) in [5.74, 6) is -0.823. The lowest BCUT2D eigenvalue weighted by molar-refractivity contribution is -0.151. The molecule has 2 atom stereocenters. The standard InChI is InChI=1S/C18H19NO6S/c1-9(2)14(16(21)23-3)25-17-11(8-13-15(20)19-18(22)26-13)10-6-4-5-7-12(10)24-17/h4-7,9,13-14H,8H2,1-3H3,(H,19,20,22). The average molecular weight is 377 g/mol. The van der Waals surface area contributed by atoms with Gasteiger partial charge in [0.1, 0.15) is 5.58 Å². The van der Waals surface area contributed by atoms with Gasteiger partial charge in [0.2, 0.25) is 12.0 Å². The molecule has 3 rings (SSSR count). The fraction of sp³-hybridized carbons (Fsp3) is 0.389. The number of rotatable bonds is 6. The van der Waals surface area contributed by atoms with Gasteiger partial charge in [-0.2, -0.15) is 0 Å². The first-order chi connectivity index (χ1) is 12.4. The van der Waals surface area contributed by atoms with E-state index in [1.807, 2.05) is 32.0 Å². The van der Waals surface area contributed by atoms with Gasteiger partial charge < -0.3 is 13.9 Å². The summed E-state index contributed by atoms with van der Waals surface area (Å²) < 4.78 is 16.4. The molecule has 1 fully saturated rings. The summed E-state index contributed by atoms with van der Waals surface area (Å²) in [4.78, 5) is 35.4. The zero-order valence-corrected chi connectivity index (χ0v) is 15.4. The third-order valence-electron chi connectivity index (χ3n) is 4.09. The highest BCUT2D eigenvalue weighted by Gasteiger charge is 2.35. The Morgan fingerprint density at radius 1 is 1.31 bits per heavy atom. The largest absolute Gasteiger partial charge is 0.466 e. The molecule has 2 heterocycles. The molecule has 2 unspecified atom stereocenters. The van der Waals surface area contributed by atoms with Gasteiger partial charge in [-0.25, -0.2) is 4.79 Å². The summed E-state index contributed by atoms with van der Waals surface area (Å²) in [6, 6.07) is 7.29. The molecular weight excluding hydrogens is 358 g/mol. The number of thioether (sulfide) groups is 1. The second-order valence-electron chi connectivity index (χ2n) is 6.26. The first-order valence-electron chi connectivity index (χ1n) is 8.17. The topological polar surface area (TPSA) is 94.8 Å². The lowest BCUT2D eigenvalue weighted by Gasteiger charge is -2.19. The van der Waals surface area contributed by atoms with E-state index in [0.717, 1.165) is 17.1 Å². The number of benzene rings is 1. The normalized spacial score (nSPS) is 18.2. The van der Waals surface area contributed by atoms with Crippen molar-refractivity contribution in [3.8, 4) is 5.95 Å². The summed E-state index contributed by atoms with van der Waals surface area (Å²) in [6.07, 6.45) is -0.591. The number of para-hydroxylation sites is 1. The molecule has 8 heteroatoms. The number of carbonyl (C=O) groups is 3.